The highest BCUT2D eigenvalue weighted by Gasteiger charge is 2.29. The molecular formula is C19H26N4O2. The molecule has 134 valence electrons. The first-order valence-electron chi connectivity index (χ1n) is 8.77. The number of imidazole rings is 1. The molecule has 6 nitrogen and oxygen atoms in total. The molecule has 0 bridgehead atoms. The summed E-state index contributed by atoms with van der Waals surface area (Å²) in [5.74, 6) is 0.777. The second-order valence-corrected chi connectivity index (χ2v) is 6.84. The second kappa shape index (κ2) is 7.80. The highest BCUT2D eigenvalue weighted by atomic mass is 16.3. The summed E-state index contributed by atoms with van der Waals surface area (Å²) >= 11 is 0. The molecule has 6 heteroatoms. The van der Waals surface area contributed by atoms with Gasteiger partial charge < -0.3 is 15.0 Å². The summed E-state index contributed by atoms with van der Waals surface area (Å²) in [6.45, 7) is 3.91. The van der Waals surface area contributed by atoms with Crippen molar-refractivity contribution in [1.29, 1.82) is 0 Å². The third-order valence-electron chi connectivity index (χ3n) is 4.90. The summed E-state index contributed by atoms with van der Waals surface area (Å²) in [7, 11) is 1.89. The number of aryl methyl sites for hydroxylation is 2. The zero-order valence-corrected chi connectivity index (χ0v) is 14.9. The second-order valence-electron chi connectivity index (χ2n) is 6.84. The molecule has 1 aliphatic rings. The van der Waals surface area contributed by atoms with Crippen LogP contribution in [0.25, 0.3) is 0 Å². The van der Waals surface area contributed by atoms with Crippen LogP contribution in [0.15, 0.2) is 36.7 Å². The predicted molar refractivity (Wildman–Crippen MR) is 97.1 cm³/mol. The van der Waals surface area contributed by atoms with Gasteiger partial charge in [0.2, 0.25) is 5.91 Å². The summed E-state index contributed by atoms with van der Waals surface area (Å²) < 4.78 is 1.86. The number of amides is 1. The topological polar surface area (TPSA) is 70.4 Å². The lowest BCUT2D eigenvalue weighted by Crippen LogP contribution is -2.42. The maximum atomic E-state index is 12.4. The van der Waals surface area contributed by atoms with Crippen LogP contribution in [-0.4, -0.2) is 45.1 Å². The number of nitrogens with one attached hydrogen (secondary N) is 1. The van der Waals surface area contributed by atoms with Crippen molar-refractivity contribution in [3.63, 3.8) is 0 Å². The number of hydrogen-bond donors (Lipinski definition) is 2. The normalized spacial score (nSPS) is 19.6. The Morgan fingerprint density at radius 3 is 2.96 bits per heavy atom. The Hall–Kier alpha value is -2.18. The van der Waals surface area contributed by atoms with E-state index < -0.39 is 6.10 Å². The first-order chi connectivity index (χ1) is 12.0. The van der Waals surface area contributed by atoms with Gasteiger partial charge in [0.15, 0.2) is 0 Å². The van der Waals surface area contributed by atoms with Crippen molar-refractivity contribution in [2.24, 2.45) is 13.0 Å². The Morgan fingerprint density at radius 1 is 1.44 bits per heavy atom. The molecule has 0 radical (unpaired) electrons. The summed E-state index contributed by atoms with van der Waals surface area (Å²) in [6, 6.07) is 7.77. The third-order valence-corrected chi connectivity index (χ3v) is 4.90. The molecule has 1 saturated heterocycles. The number of piperidine rings is 1. The van der Waals surface area contributed by atoms with Crippen molar-refractivity contribution in [2.75, 3.05) is 25.0 Å². The molecule has 0 unspecified atom stereocenters. The molecule has 1 aromatic carbocycles. The van der Waals surface area contributed by atoms with E-state index in [0.29, 0.717) is 18.9 Å². The van der Waals surface area contributed by atoms with Gasteiger partial charge in [-0.2, -0.15) is 0 Å². The lowest BCUT2D eigenvalue weighted by atomic mass is 9.92. The zero-order chi connectivity index (χ0) is 17.8. The van der Waals surface area contributed by atoms with Gasteiger partial charge in [-0.05, 0) is 37.9 Å². The van der Waals surface area contributed by atoms with Crippen LogP contribution in [0.1, 0.15) is 30.3 Å². The number of para-hydroxylation sites is 1. The van der Waals surface area contributed by atoms with E-state index in [-0.39, 0.29) is 11.8 Å². The van der Waals surface area contributed by atoms with Gasteiger partial charge in [-0.25, -0.2) is 4.98 Å². The van der Waals surface area contributed by atoms with E-state index in [1.165, 1.54) is 0 Å². The zero-order valence-electron chi connectivity index (χ0n) is 14.9. The van der Waals surface area contributed by atoms with E-state index in [0.717, 1.165) is 30.6 Å². The fourth-order valence-corrected chi connectivity index (χ4v) is 3.47. The van der Waals surface area contributed by atoms with Gasteiger partial charge in [0.1, 0.15) is 11.9 Å². The van der Waals surface area contributed by atoms with Crippen LogP contribution in [-0.2, 0) is 11.8 Å². The number of nitrogens with zero attached hydrogens (tertiary/aromatic N) is 3. The SMILES string of the molecule is Cc1ccccc1NC(=O)CN1CCC[C@@H]([C@@H](O)c2nccn2C)C1. The minimum atomic E-state index is -0.595. The molecule has 25 heavy (non-hydrogen) atoms. The van der Waals surface area contributed by atoms with Crippen LogP contribution in [0.3, 0.4) is 0 Å². The molecule has 0 spiro atoms. The van der Waals surface area contributed by atoms with Crippen LogP contribution in [0.2, 0.25) is 0 Å². The molecule has 0 saturated carbocycles. The molecule has 1 aliphatic heterocycles. The third kappa shape index (κ3) is 4.27. The lowest BCUT2D eigenvalue weighted by molar-refractivity contribution is -0.118. The quantitative estimate of drug-likeness (QED) is 0.873. The number of carbonyl (C=O) groups excluding carboxylic acids is 1. The largest absolute Gasteiger partial charge is 0.385 e. The molecule has 1 aromatic heterocycles. The van der Waals surface area contributed by atoms with Gasteiger partial charge in [-0.1, -0.05) is 18.2 Å². The number of carbonyl (C=O) groups is 1. The standard InChI is InChI=1S/C19H26N4O2/c1-14-6-3-4-8-16(14)21-17(24)13-23-10-5-7-15(12-23)18(25)19-20-9-11-22(19)2/h3-4,6,8-9,11,15,18,25H,5,7,10,12-13H2,1-2H3,(H,21,24)/t15-,18-/m1/s1. The Labute approximate surface area is 148 Å². The van der Waals surface area contributed by atoms with Crippen molar-refractivity contribution in [2.45, 2.75) is 25.9 Å². The molecule has 3 rings (SSSR count). The summed E-state index contributed by atoms with van der Waals surface area (Å²) in [6.07, 6.45) is 4.87. The highest BCUT2D eigenvalue weighted by Crippen LogP contribution is 2.28. The number of aliphatic hydroxyl groups excluding tert-OH is 1. The Bertz CT molecular complexity index is 728. The van der Waals surface area contributed by atoms with Crippen LogP contribution < -0.4 is 5.32 Å². The van der Waals surface area contributed by atoms with Gasteiger partial charge in [0.25, 0.3) is 0 Å². The van der Waals surface area contributed by atoms with Crippen molar-refractivity contribution >= 4 is 11.6 Å². The van der Waals surface area contributed by atoms with Gasteiger partial charge in [-0.15, -0.1) is 0 Å². The number of aromatic nitrogens is 2. The molecular weight excluding hydrogens is 316 g/mol. The Morgan fingerprint density at radius 2 is 2.24 bits per heavy atom. The maximum absolute atomic E-state index is 12.4. The maximum Gasteiger partial charge on any atom is 0.238 e. The molecule has 0 aliphatic carbocycles. The minimum Gasteiger partial charge on any atom is -0.385 e. The summed E-state index contributed by atoms with van der Waals surface area (Å²) in [5, 5.41) is 13.6. The molecule has 2 heterocycles. The van der Waals surface area contributed by atoms with E-state index in [1.807, 2.05) is 49.0 Å². The number of benzene rings is 1. The monoisotopic (exact) mass is 342 g/mol. The van der Waals surface area contributed by atoms with Gasteiger partial charge >= 0.3 is 0 Å². The number of hydrogen-bond acceptors (Lipinski definition) is 4. The fourth-order valence-electron chi connectivity index (χ4n) is 3.47. The van der Waals surface area contributed by atoms with Crippen LogP contribution in [0, 0.1) is 12.8 Å². The van der Waals surface area contributed by atoms with Crippen LogP contribution in [0.5, 0.6) is 0 Å². The Kier molecular flexibility index (Phi) is 5.50. The van der Waals surface area contributed by atoms with E-state index >= 15 is 0 Å². The van der Waals surface area contributed by atoms with Gasteiger partial charge in [0.05, 0.1) is 6.54 Å². The minimum absolute atomic E-state index is 0.0126. The predicted octanol–water partition coefficient (Wildman–Crippen LogP) is 2.11. The van der Waals surface area contributed by atoms with E-state index in [1.54, 1.807) is 6.20 Å². The van der Waals surface area contributed by atoms with Crippen molar-refractivity contribution in [1.82, 2.24) is 14.5 Å². The Balaban J connectivity index is 1.57. The number of likely N-dealkylation sites (tertiary alicyclic amines) is 1. The summed E-state index contributed by atoms with van der Waals surface area (Å²) in [5.41, 5.74) is 1.91. The molecule has 2 N–H and O–H groups in total. The average molecular weight is 342 g/mol. The van der Waals surface area contributed by atoms with Crippen molar-refractivity contribution < 1.29 is 9.90 Å². The van der Waals surface area contributed by atoms with Crippen molar-refractivity contribution in [3.8, 4) is 0 Å². The molecule has 2 atom stereocenters. The highest BCUT2D eigenvalue weighted by molar-refractivity contribution is 5.92. The lowest BCUT2D eigenvalue weighted by Gasteiger charge is -2.34. The van der Waals surface area contributed by atoms with Crippen LogP contribution in [0.4, 0.5) is 5.69 Å². The average Bonchev–Trinajstić information content (AvgIpc) is 3.02. The molecule has 2 aromatic rings. The summed E-state index contributed by atoms with van der Waals surface area (Å²) in [4.78, 5) is 18.7. The van der Waals surface area contributed by atoms with Crippen molar-refractivity contribution in [3.05, 3.63) is 48.0 Å². The molecule has 1 amide bonds. The fraction of sp³-hybridized carbons (Fsp3) is 0.474. The van der Waals surface area contributed by atoms with E-state index in [4.69, 9.17) is 0 Å². The van der Waals surface area contributed by atoms with E-state index in [9.17, 15) is 9.90 Å². The van der Waals surface area contributed by atoms with Gasteiger partial charge in [-0.3, -0.25) is 9.69 Å². The first-order valence-corrected chi connectivity index (χ1v) is 8.77. The number of anilines is 1. The molecule has 1 fully saturated rings. The van der Waals surface area contributed by atoms with E-state index in [2.05, 4.69) is 15.2 Å². The van der Waals surface area contributed by atoms with Crippen LogP contribution >= 0.6 is 0 Å². The first kappa shape index (κ1) is 17.6. The number of rotatable bonds is 5. The van der Waals surface area contributed by atoms with Gasteiger partial charge in [0, 0.05) is 37.6 Å². The smallest absolute Gasteiger partial charge is 0.238 e. The number of aliphatic hydroxyl groups is 1.